The molecule has 1 aliphatic carbocycles. The van der Waals surface area contributed by atoms with Gasteiger partial charge in [0.15, 0.2) is 0 Å². The summed E-state index contributed by atoms with van der Waals surface area (Å²) in [5.41, 5.74) is 0. The second kappa shape index (κ2) is 3.18. The molecule has 1 nitrogen and oxygen atoms in total. The number of Topliss-reactive ketones (excluding diaryl/α,β-unsaturated/α-hetero) is 1. The van der Waals surface area contributed by atoms with Crippen LogP contribution in [0, 0.1) is 11.8 Å². The van der Waals surface area contributed by atoms with Crippen molar-refractivity contribution in [2.24, 2.45) is 11.8 Å². The average molecular weight is 140 g/mol. The van der Waals surface area contributed by atoms with Crippen LogP contribution in [0.1, 0.15) is 39.5 Å². The first-order valence-corrected chi connectivity index (χ1v) is 4.25. The van der Waals surface area contributed by atoms with E-state index < -0.39 is 0 Å². The van der Waals surface area contributed by atoms with E-state index in [4.69, 9.17) is 0 Å². The molecule has 0 unspecified atom stereocenters. The molecule has 1 heteroatoms. The molecule has 0 heterocycles. The van der Waals surface area contributed by atoms with Crippen LogP contribution in [-0.2, 0) is 4.79 Å². The van der Waals surface area contributed by atoms with Crippen molar-refractivity contribution in [1.29, 1.82) is 0 Å². The van der Waals surface area contributed by atoms with Gasteiger partial charge in [-0.2, -0.15) is 0 Å². The monoisotopic (exact) mass is 140 g/mol. The van der Waals surface area contributed by atoms with Crippen LogP contribution in [0.3, 0.4) is 0 Å². The van der Waals surface area contributed by atoms with Gasteiger partial charge in [-0.05, 0) is 18.3 Å². The van der Waals surface area contributed by atoms with Gasteiger partial charge in [-0.15, -0.1) is 0 Å². The van der Waals surface area contributed by atoms with E-state index in [2.05, 4.69) is 13.8 Å². The van der Waals surface area contributed by atoms with Crippen molar-refractivity contribution in [1.82, 2.24) is 0 Å². The summed E-state index contributed by atoms with van der Waals surface area (Å²) < 4.78 is 0. The summed E-state index contributed by atoms with van der Waals surface area (Å²) in [6, 6.07) is 0. The Bertz CT molecular complexity index is 129. The van der Waals surface area contributed by atoms with Crippen LogP contribution in [-0.4, -0.2) is 5.78 Å². The second-order valence-electron chi connectivity index (χ2n) is 3.43. The maximum Gasteiger partial charge on any atom is 0.133 e. The van der Waals surface area contributed by atoms with Gasteiger partial charge in [0.1, 0.15) is 5.78 Å². The highest BCUT2D eigenvalue weighted by Gasteiger charge is 2.23. The van der Waals surface area contributed by atoms with Crippen LogP contribution in [0.4, 0.5) is 0 Å². The zero-order chi connectivity index (χ0) is 7.56. The highest BCUT2D eigenvalue weighted by Crippen LogP contribution is 2.29. The topological polar surface area (TPSA) is 17.1 Å². The summed E-state index contributed by atoms with van der Waals surface area (Å²) in [5, 5.41) is 0. The summed E-state index contributed by atoms with van der Waals surface area (Å²) in [5.74, 6) is 1.94. The Morgan fingerprint density at radius 3 is 2.80 bits per heavy atom. The number of hydrogen-bond acceptors (Lipinski definition) is 1. The van der Waals surface area contributed by atoms with Crippen molar-refractivity contribution in [3.8, 4) is 0 Å². The van der Waals surface area contributed by atoms with E-state index in [0.29, 0.717) is 11.7 Å². The molecular weight excluding hydrogens is 124 g/mol. The quantitative estimate of drug-likeness (QED) is 0.546. The molecule has 0 aliphatic heterocycles. The van der Waals surface area contributed by atoms with Crippen molar-refractivity contribution < 1.29 is 4.79 Å². The first kappa shape index (κ1) is 7.77. The Labute approximate surface area is 62.8 Å². The third-order valence-electron chi connectivity index (χ3n) is 2.70. The predicted molar refractivity (Wildman–Crippen MR) is 41.8 cm³/mol. The molecule has 0 radical (unpaired) electrons. The number of carbonyl (C=O) groups excluding carboxylic acids is 1. The standard InChI is InChI=1S/C9H16O/c1-3-8-6-9(10)5-4-7(8)2/h7-8H,3-6H2,1-2H3/t7-,8-/m1/s1. The average Bonchev–Trinajstić information content (AvgIpc) is 1.94. The SMILES string of the molecule is CC[C@@H]1CC(=O)CC[C@H]1C. The van der Waals surface area contributed by atoms with Gasteiger partial charge >= 0.3 is 0 Å². The van der Waals surface area contributed by atoms with Gasteiger partial charge in [0.05, 0.1) is 0 Å². The maximum atomic E-state index is 11.0. The molecule has 0 spiro atoms. The first-order valence-electron chi connectivity index (χ1n) is 4.25. The zero-order valence-electron chi connectivity index (χ0n) is 6.89. The maximum absolute atomic E-state index is 11.0. The summed E-state index contributed by atoms with van der Waals surface area (Å²) in [4.78, 5) is 11.0. The third kappa shape index (κ3) is 1.59. The van der Waals surface area contributed by atoms with E-state index in [1.165, 1.54) is 6.42 Å². The molecule has 1 rings (SSSR count). The molecule has 1 aliphatic rings. The van der Waals surface area contributed by atoms with E-state index in [0.717, 1.165) is 25.2 Å². The molecule has 0 aromatic heterocycles. The van der Waals surface area contributed by atoms with Crippen molar-refractivity contribution in [3.05, 3.63) is 0 Å². The predicted octanol–water partition coefficient (Wildman–Crippen LogP) is 2.40. The van der Waals surface area contributed by atoms with Gasteiger partial charge in [-0.3, -0.25) is 4.79 Å². The van der Waals surface area contributed by atoms with E-state index in [9.17, 15) is 4.79 Å². The van der Waals surface area contributed by atoms with E-state index in [-0.39, 0.29) is 0 Å². The Kier molecular flexibility index (Phi) is 2.47. The number of carbonyl (C=O) groups is 1. The molecule has 0 N–H and O–H groups in total. The van der Waals surface area contributed by atoms with Crippen molar-refractivity contribution >= 4 is 5.78 Å². The second-order valence-corrected chi connectivity index (χ2v) is 3.43. The van der Waals surface area contributed by atoms with Gasteiger partial charge in [0.25, 0.3) is 0 Å². The Hall–Kier alpha value is -0.330. The zero-order valence-corrected chi connectivity index (χ0v) is 6.89. The van der Waals surface area contributed by atoms with E-state index in [1.807, 2.05) is 0 Å². The molecule has 0 aromatic rings. The van der Waals surface area contributed by atoms with E-state index >= 15 is 0 Å². The highest BCUT2D eigenvalue weighted by molar-refractivity contribution is 5.79. The van der Waals surface area contributed by atoms with Gasteiger partial charge < -0.3 is 0 Å². The fourth-order valence-corrected chi connectivity index (χ4v) is 1.77. The molecule has 1 saturated carbocycles. The molecule has 1 fully saturated rings. The van der Waals surface area contributed by atoms with Crippen LogP contribution in [0.15, 0.2) is 0 Å². The van der Waals surface area contributed by atoms with Gasteiger partial charge in [0, 0.05) is 12.8 Å². The molecule has 2 atom stereocenters. The third-order valence-corrected chi connectivity index (χ3v) is 2.70. The number of hydrogen-bond donors (Lipinski definition) is 0. The largest absolute Gasteiger partial charge is 0.300 e. The smallest absolute Gasteiger partial charge is 0.133 e. The lowest BCUT2D eigenvalue weighted by Gasteiger charge is -2.26. The fraction of sp³-hybridized carbons (Fsp3) is 0.889. The summed E-state index contributed by atoms with van der Waals surface area (Å²) >= 11 is 0. The van der Waals surface area contributed by atoms with Crippen LogP contribution in [0.25, 0.3) is 0 Å². The molecule has 0 bridgehead atoms. The molecule has 0 saturated heterocycles. The van der Waals surface area contributed by atoms with Crippen LogP contribution >= 0.6 is 0 Å². The lowest BCUT2D eigenvalue weighted by atomic mass is 9.78. The normalized spacial score (nSPS) is 34.4. The summed E-state index contributed by atoms with van der Waals surface area (Å²) in [7, 11) is 0. The van der Waals surface area contributed by atoms with Gasteiger partial charge in [0.2, 0.25) is 0 Å². The molecular formula is C9H16O. The Morgan fingerprint density at radius 2 is 2.30 bits per heavy atom. The van der Waals surface area contributed by atoms with Gasteiger partial charge in [-0.1, -0.05) is 20.3 Å². The van der Waals surface area contributed by atoms with E-state index in [1.54, 1.807) is 0 Å². The molecule has 58 valence electrons. The highest BCUT2D eigenvalue weighted by atomic mass is 16.1. The van der Waals surface area contributed by atoms with Crippen molar-refractivity contribution in [3.63, 3.8) is 0 Å². The Morgan fingerprint density at radius 1 is 1.60 bits per heavy atom. The summed E-state index contributed by atoms with van der Waals surface area (Å²) in [6.07, 6.45) is 3.97. The minimum absolute atomic E-state index is 0.477. The Balaban J connectivity index is 2.45. The van der Waals surface area contributed by atoms with Crippen LogP contribution < -0.4 is 0 Å². The number of ketones is 1. The molecule has 0 aromatic carbocycles. The van der Waals surface area contributed by atoms with Crippen molar-refractivity contribution in [2.45, 2.75) is 39.5 Å². The van der Waals surface area contributed by atoms with Crippen LogP contribution in [0.5, 0.6) is 0 Å². The first-order chi connectivity index (χ1) is 4.74. The lowest BCUT2D eigenvalue weighted by molar-refractivity contribution is -0.122. The molecule has 0 amide bonds. The summed E-state index contributed by atoms with van der Waals surface area (Å²) in [6.45, 7) is 4.44. The lowest BCUT2D eigenvalue weighted by Crippen LogP contribution is -2.22. The number of rotatable bonds is 1. The minimum Gasteiger partial charge on any atom is -0.300 e. The van der Waals surface area contributed by atoms with Crippen molar-refractivity contribution in [2.75, 3.05) is 0 Å². The minimum atomic E-state index is 0.477. The fourth-order valence-electron chi connectivity index (χ4n) is 1.77. The van der Waals surface area contributed by atoms with Crippen LogP contribution in [0.2, 0.25) is 0 Å². The van der Waals surface area contributed by atoms with Gasteiger partial charge in [-0.25, -0.2) is 0 Å². The molecule has 10 heavy (non-hydrogen) atoms.